The highest BCUT2D eigenvalue weighted by Gasteiger charge is 2.35. The topological polar surface area (TPSA) is 93.1 Å². The van der Waals surface area contributed by atoms with Crippen molar-refractivity contribution in [2.75, 3.05) is 13.2 Å². The molecule has 1 aromatic rings. The van der Waals surface area contributed by atoms with Gasteiger partial charge in [-0.15, -0.1) is 11.6 Å². The van der Waals surface area contributed by atoms with Gasteiger partial charge in [0.2, 0.25) is 0 Å². The predicted octanol–water partition coefficient (Wildman–Crippen LogP) is 3.01. The number of rotatable bonds is 6. The maximum absolute atomic E-state index is 11.3. The molecule has 7 heteroatoms. The van der Waals surface area contributed by atoms with E-state index in [4.69, 9.17) is 26.2 Å². The van der Waals surface area contributed by atoms with E-state index in [2.05, 4.69) is 0 Å². The van der Waals surface area contributed by atoms with Gasteiger partial charge in [-0.3, -0.25) is 9.59 Å². The molecular weight excluding hydrogens is 336 g/mol. The second-order valence-electron chi connectivity index (χ2n) is 6.69. The predicted molar refractivity (Wildman–Crippen MR) is 87.1 cm³/mol. The van der Waals surface area contributed by atoms with Crippen LogP contribution in [0, 0.1) is 5.41 Å². The van der Waals surface area contributed by atoms with Gasteiger partial charge in [0.1, 0.15) is 5.38 Å². The summed E-state index contributed by atoms with van der Waals surface area (Å²) in [4.78, 5) is 22.4. The number of carboxylic acid groups (broad SMARTS) is 2. The van der Waals surface area contributed by atoms with Crippen LogP contribution in [0.1, 0.15) is 43.6 Å². The van der Waals surface area contributed by atoms with Gasteiger partial charge in [-0.1, -0.05) is 38.1 Å². The minimum Gasteiger partial charge on any atom is -0.481 e. The largest absolute Gasteiger partial charge is 0.481 e. The number of benzene rings is 1. The van der Waals surface area contributed by atoms with Crippen molar-refractivity contribution >= 4 is 23.5 Å². The van der Waals surface area contributed by atoms with Gasteiger partial charge in [0.05, 0.1) is 19.6 Å². The second kappa shape index (κ2) is 7.51. The fraction of sp³-hybridized carbons (Fsp3) is 0.529. The Labute approximate surface area is 145 Å². The second-order valence-corrected chi connectivity index (χ2v) is 7.16. The zero-order chi connectivity index (χ0) is 17.9. The van der Waals surface area contributed by atoms with Crippen LogP contribution < -0.4 is 0 Å². The molecule has 0 aliphatic carbocycles. The van der Waals surface area contributed by atoms with Crippen molar-refractivity contribution in [3.63, 3.8) is 0 Å². The first-order chi connectivity index (χ1) is 11.2. The quantitative estimate of drug-likeness (QED) is 0.761. The first-order valence-corrected chi connectivity index (χ1v) is 8.05. The molecule has 0 bridgehead atoms. The number of carboxylic acids is 2. The zero-order valence-electron chi connectivity index (χ0n) is 13.6. The van der Waals surface area contributed by atoms with Crippen LogP contribution in [0.4, 0.5) is 0 Å². The van der Waals surface area contributed by atoms with Crippen LogP contribution in [0.5, 0.6) is 0 Å². The van der Waals surface area contributed by atoms with Gasteiger partial charge in [-0.05, 0) is 5.56 Å². The summed E-state index contributed by atoms with van der Waals surface area (Å²) in [5.41, 5.74) is 1.03. The third kappa shape index (κ3) is 4.47. The molecule has 0 amide bonds. The molecule has 0 saturated carbocycles. The van der Waals surface area contributed by atoms with Crippen molar-refractivity contribution in [1.29, 1.82) is 0 Å². The lowest BCUT2D eigenvalue weighted by Crippen LogP contribution is -2.34. The number of alkyl halides is 1. The van der Waals surface area contributed by atoms with E-state index in [1.165, 1.54) is 0 Å². The molecule has 2 atom stereocenters. The molecule has 1 aliphatic heterocycles. The van der Waals surface area contributed by atoms with E-state index in [9.17, 15) is 14.7 Å². The number of halogens is 1. The third-order valence-corrected chi connectivity index (χ3v) is 4.37. The Morgan fingerprint density at radius 1 is 1.25 bits per heavy atom. The van der Waals surface area contributed by atoms with Crippen molar-refractivity contribution in [3.8, 4) is 0 Å². The summed E-state index contributed by atoms with van der Waals surface area (Å²) in [5, 5.41) is 17.0. The van der Waals surface area contributed by atoms with Crippen LogP contribution in [0.3, 0.4) is 0 Å². The summed E-state index contributed by atoms with van der Waals surface area (Å²) in [6.07, 6.45) is -1.06. The Hall–Kier alpha value is -1.63. The van der Waals surface area contributed by atoms with Crippen LogP contribution in [0.15, 0.2) is 24.3 Å². The van der Waals surface area contributed by atoms with Gasteiger partial charge in [0.25, 0.3) is 0 Å². The molecule has 24 heavy (non-hydrogen) atoms. The molecule has 2 rings (SSSR count). The average molecular weight is 357 g/mol. The van der Waals surface area contributed by atoms with E-state index in [0.29, 0.717) is 24.3 Å². The Morgan fingerprint density at radius 3 is 2.38 bits per heavy atom. The van der Waals surface area contributed by atoms with E-state index in [-0.39, 0.29) is 5.41 Å². The molecule has 1 heterocycles. The molecule has 1 fully saturated rings. The molecule has 0 aromatic heterocycles. The molecule has 6 nitrogen and oxygen atoms in total. The normalized spacial score (nSPS) is 20.3. The zero-order valence-corrected chi connectivity index (χ0v) is 14.3. The van der Waals surface area contributed by atoms with Gasteiger partial charge in [0, 0.05) is 16.9 Å². The highest BCUT2D eigenvalue weighted by atomic mass is 35.5. The van der Waals surface area contributed by atoms with Gasteiger partial charge in [0.15, 0.2) is 6.29 Å². The average Bonchev–Trinajstić information content (AvgIpc) is 2.52. The standard InChI is InChI=1S/C17H21ClO6/c1-17(2)8-23-16(24-9-17)11-6-4-3-5-10(11)12(7-13(19)20)14(18)15(21)22/h3-6,12,14,16H,7-9H2,1-2H3,(H,19,20)(H,21,22). The Morgan fingerprint density at radius 2 is 1.83 bits per heavy atom. The first kappa shape index (κ1) is 18.7. The molecule has 1 saturated heterocycles. The Bertz CT molecular complexity index is 605. The molecule has 2 N–H and O–H groups in total. The number of hydrogen-bond donors (Lipinski definition) is 2. The van der Waals surface area contributed by atoms with E-state index in [1.54, 1.807) is 24.3 Å². The molecular formula is C17H21ClO6. The molecule has 0 spiro atoms. The summed E-state index contributed by atoms with van der Waals surface area (Å²) < 4.78 is 11.5. The van der Waals surface area contributed by atoms with Crippen molar-refractivity contribution in [3.05, 3.63) is 35.4 Å². The maximum atomic E-state index is 11.3. The molecule has 1 aromatic carbocycles. The molecule has 1 aliphatic rings. The lowest BCUT2D eigenvalue weighted by molar-refractivity contribution is -0.226. The van der Waals surface area contributed by atoms with Gasteiger partial charge < -0.3 is 19.7 Å². The summed E-state index contributed by atoms with van der Waals surface area (Å²) in [6, 6.07) is 6.91. The van der Waals surface area contributed by atoms with Crippen molar-refractivity contribution in [1.82, 2.24) is 0 Å². The van der Waals surface area contributed by atoms with Crippen molar-refractivity contribution in [2.24, 2.45) is 5.41 Å². The van der Waals surface area contributed by atoms with Gasteiger partial charge >= 0.3 is 11.9 Å². The highest BCUT2D eigenvalue weighted by Crippen LogP contribution is 2.37. The van der Waals surface area contributed by atoms with E-state index >= 15 is 0 Å². The summed E-state index contributed by atoms with van der Waals surface area (Å²) in [5.74, 6) is -3.27. The molecule has 132 valence electrons. The van der Waals surface area contributed by atoms with E-state index in [1.807, 2.05) is 13.8 Å². The summed E-state index contributed by atoms with van der Waals surface area (Å²) in [6.45, 7) is 5.00. The van der Waals surface area contributed by atoms with Crippen LogP contribution in [0.25, 0.3) is 0 Å². The number of aliphatic carboxylic acids is 2. The van der Waals surface area contributed by atoms with Crippen LogP contribution in [-0.4, -0.2) is 40.7 Å². The van der Waals surface area contributed by atoms with Crippen LogP contribution >= 0.6 is 11.6 Å². The first-order valence-electron chi connectivity index (χ1n) is 7.62. The van der Waals surface area contributed by atoms with Crippen molar-refractivity contribution in [2.45, 2.75) is 37.9 Å². The number of carbonyl (C=O) groups is 2. The summed E-state index contributed by atoms with van der Waals surface area (Å²) in [7, 11) is 0. The molecule has 2 unspecified atom stereocenters. The smallest absolute Gasteiger partial charge is 0.322 e. The lowest BCUT2D eigenvalue weighted by atomic mass is 9.87. The van der Waals surface area contributed by atoms with Crippen LogP contribution in [0.2, 0.25) is 0 Å². The number of hydrogen-bond acceptors (Lipinski definition) is 4. The third-order valence-electron chi connectivity index (χ3n) is 3.88. The Kier molecular flexibility index (Phi) is 5.85. The molecule has 0 radical (unpaired) electrons. The monoisotopic (exact) mass is 356 g/mol. The van der Waals surface area contributed by atoms with E-state index < -0.39 is 35.9 Å². The van der Waals surface area contributed by atoms with Crippen LogP contribution in [-0.2, 0) is 19.1 Å². The van der Waals surface area contributed by atoms with E-state index in [0.717, 1.165) is 0 Å². The minimum absolute atomic E-state index is 0.109. The van der Waals surface area contributed by atoms with Gasteiger partial charge in [-0.25, -0.2) is 0 Å². The number of ether oxygens (including phenoxy) is 2. The maximum Gasteiger partial charge on any atom is 0.322 e. The fourth-order valence-electron chi connectivity index (χ4n) is 2.67. The van der Waals surface area contributed by atoms with Gasteiger partial charge in [-0.2, -0.15) is 0 Å². The highest BCUT2D eigenvalue weighted by molar-refractivity contribution is 6.30. The lowest BCUT2D eigenvalue weighted by Gasteiger charge is -2.36. The SMILES string of the molecule is CC1(C)COC(c2ccccc2C(CC(=O)O)C(Cl)C(=O)O)OC1. The summed E-state index contributed by atoms with van der Waals surface area (Å²) >= 11 is 5.97. The fourth-order valence-corrected chi connectivity index (χ4v) is 2.89. The van der Waals surface area contributed by atoms with Crippen molar-refractivity contribution < 1.29 is 29.3 Å². The Balaban J connectivity index is 2.34. The minimum atomic E-state index is -1.36.